The highest BCUT2D eigenvalue weighted by molar-refractivity contribution is 7.16. The number of nitrogens with one attached hydrogen (secondary N) is 2. The van der Waals surface area contributed by atoms with E-state index in [4.69, 9.17) is 16.0 Å². The number of amides is 1. The molecule has 0 unspecified atom stereocenters. The number of hydrogen-bond donors (Lipinski definition) is 2. The molecule has 1 aliphatic heterocycles. The summed E-state index contributed by atoms with van der Waals surface area (Å²) in [4.78, 5) is 14.5. The summed E-state index contributed by atoms with van der Waals surface area (Å²) in [6.07, 6.45) is 3.98. The lowest BCUT2D eigenvalue weighted by Crippen LogP contribution is -2.38. The fourth-order valence-electron chi connectivity index (χ4n) is 4.81. The van der Waals surface area contributed by atoms with Crippen LogP contribution in [0.1, 0.15) is 71.9 Å². The summed E-state index contributed by atoms with van der Waals surface area (Å²) in [5.74, 6) is 2.07. The number of thiophene rings is 1. The first kappa shape index (κ1) is 21.6. The summed E-state index contributed by atoms with van der Waals surface area (Å²) in [5.41, 5.74) is 4.36. The van der Waals surface area contributed by atoms with Crippen molar-refractivity contribution in [2.45, 2.75) is 59.5 Å². The number of carbonyl (C=O) groups excluding carboxylic acids is 1. The topological polar surface area (TPSA) is 54.3 Å². The van der Waals surface area contributed by atoms with Crippen LogP contribution in [-0.2, 0) is 12.8 Å². The lowest BCUT2D eigenvalue weighted by molar-refractivity contribution is 0.0930. The van der Waals surface area contributed by atoms with Crippen molar-refractivity contribution in [2.75, 3.05) is 5.32 Å². The van der Waals surface area contributed by atoms with E-state index in [1.165, 1.54) is 16.9 Å². The Bertz CT molecular complexity index is 1190. The number of furan rings is 1. The van der Waals surface area contributed by atoms with Gasteiger partial charge in [-0.05, 0) is 66.8 Å². The maximum Gasteiger partial charge on any atom is 0.256 e. The molecule has 1 aliphatic carbocycles. The van der Waals surface area contributed by atoms with Crippen LogP contribution in [0, 0.1) is 18.3 Å². The molecule has 2 aliphatic rings. The van der Waals surface area contributed by atoms with Crippen LogP contribution in [0.4, 0.5) is 5.00 Å². The zero-order valence-electron chi connectivity index (χ0n) is 19.0. The second kappa shape index (κ2) is 7.96. The smallest absolute Gasteiger partial charge is 0.256 e. The molecule has 1 aromatic carbocycles. The molecule has 6 heteroatoms. The highest BCUT2D eigenvalue weighted by atomic mass is 35.5. The molecule has 0 saturated carbocycles. The molecule has 0 radical (unpaired) electrons. The molecule has 32 heavy (non-hydrogen) atoms. The van der Waals surface area contributed by atoms with E-state index >= 15 is 0 Å². The third-order valence-electron chi connectivity index (χ3n) is 7.43. The Morgan fingerprint density at radius 2 is 2.03 bits per heavy atom. The summed E-state index contributed by atoms with van der Waals surface area (Å²) in [6.45, 7) is 8.99. The van der Waals surface area contributed by atoms with Gasteiger partial charge in [-0.1, -0.05) is 50.9 Å². The molecule has 168 valence electrons. The Morgan fingerprint density at radius 1 is 1.22 bits per heavy atom. The first-order valence-electron chi connectivity index (χ1n) is 11.3. The maximum absolute atomic E-state index is 13.1. The lowest BCUT2D eigenvalue weighted by Gasteiger charge is -2.36. The Labute approximate surface area is 198 Å². The molecule has 0 bridgehead atoms. The van der Waals surface area contributed by atoms with Gasteiger partial charge in [0.15, 0.2) is 6.17 Å². The molecule has 5 rings (SSSR count). The van der Waals surface area contributed by atoms with E-state index in [-0.39, 0.29) is 12.1 Å². The van der Waals surface area contributed by atoms with Gasteiger partial charge in [0, 0.05) is 15.5 Å². The number of anilines is 1. The molecular weight excluding hydrogens is 440 g/mol. The summed E-state index contributed by atoms with van der Waals surface area (Å²) in [5, 5.41) is 8.30. The number of fused-ring (bicyclic) bond motifs is 3. The summed E-state index contributed by atoms with van der Waals surface area (Å²) in [7, 11) is 0. The van der Waals surface area contributed by atoms with Crippen molar-refractivity contribution < 1.29 is 9.21 Å². The van der Waals surface area contributed by atoms with Crippen LogP contribution in [0.5, 0.6) is 0 Å². The number of benzene rings is 1. The maximum atomic E-state index is 13.1. The quantitative estimate of drug-likeness (QED) is 0.420. The normalized spacial score (nSPS) is 20.3. The summed E-state index contributed by atoms with van der Waals surface area (Å²) >= 11 is 8.03. The molecule has 0 saturated heterocycles. The van der Waals surface area contributed by atoms with Crippen molar-refractivity contribution >= 4 is 33.8 Å². The Balaban J connectivity index is 1.40. The van der Waals surface area contributed by atoms with Crippen molar-refractivity contribution in [1.29, 1.82) is 0 Å². The molecule has 4 nitrogen and oxygen atoms in total. The van der Waals surface area contributed by atoms with E-state index in [0.717, 1.165) is 46.7 Å². The van der Waals surface area contributed by atoms with Crippen molar-refractivity contribution in [2.24, 2.45) is 11.3 Å². The van der Waals surface area contributed by atoms with Crippen molar-refractivity contribution in [3.63, 3.8) is 0 Å². The van der Waals surface area contributed by atoms with E-state index in [1.807, 2.05) is 37.3 Å². The van der Waals surface area contributed by atoms with Gasteiger partial charge in [-0.15, -0.1) is 11.3 Å². The van der Waals surface area contributed by atoms with Crippen LogP contribution < -0.4 is 10.6 Å². The average Bonchev–Trinajstić information content (AvgIpc) is 3.40. The molecule has 1 amide bonds. The van der Waals surface area contributed by atoms with Gasteiger partial charge < -0.3 is 15.1 Å². The minimum absolute atomic E-state index is 0.00854. The molecule has 0 spiro atoms. The van der Waals surface area contributed by atoms with Crippen molar-refractivity contribution in [3.05, 3.63) is 62.7 Å². The molecule has 2 aromatic heterocycles. The van der Waals surface area contributed by atoms with Crippen LogP contribution in [0.2, 0.25) is 5.02 Å². The first-order valence-corrected chi connectivity index (χ1v) is 12.5. The standard InChI is InChI=1S/C26H29ClN2O2S/c1-5-26(3,4)16-8-9-17-21(13-16)32-25-22(17)24(30)28-23(29-25)20-11-10-19(31-20)15-7-6-14(2)18(27)12-15/h6-7,10-12,16,23,29H,5,8-9,13H2,1-4H3,(H,28,30)/t16-,23+/m0/s1. The number of halogens is 1. The third kappa shape index (κ3) is 3.65. The molecule has 0 fully saturated rings. The van der Waals surface area contributed by atoms with Gasteiger partial charge in [0.1, 0.15) is 16.5 Å². The fourth-order valence-corrected chi connectivity index (χ4v) is 6.34. The molecule has 2 N–H and O–H groups in total. The average molecular weight is 469 g/mol. The second-order valence-electron chi connectivity index (χ2n) is 9.71. The van der Waals surface area contributed by atoms with Gasteiger partial charge in [-0.2, -0.15) is 0 Å². The van der Waals surface area contributed by atoms with Gasteiger partial charge >= 0.3 is 0 Å². The predicted octanol–water partition coefficient (Wildman–Crippen LogP) is 7.37. The Morgan fingerprint density at radius 3 is 2.78 bits per heavy atom. The van der Waals surface area contributed by atoms with Gasteiger partial charge in [0.05, 0.1) is 5.56 Å². The molecule has 3 heterocycles. The minimum Gasteiger partial charge on any atom is -0.457 e. The molecular formula is C26H29ClN2O2S. The zero-order valence-corrected chi connectivity index (χ0v) is 20.5. The number of aryl methyl sites for hydroxylation is 1. The van der Waals surface area contributed by atoms with Crippen LogP contribution in [0.25, 0.3) is 11.3 Å². The number of rotatable bonds is 4. The van der Waals surface area contributed by atoms with Crippen molar-refractivity contribution in [3.8, 4) is 11.3 Å². The van der Waals surface area contributed by atoms with Crippen molar-refractivity contribution in [1.82, 2.24) is 5.32 Å². The van der Waals surface area contributed by atoms with E-state index < -0.39 is 0 Å². The van der Waals surface area contributed by atoms with E-state index in [9.17, 15) is 4.79 Å². The van der Waals surface area contributed by atoms with Gasteiger partial charge in [0.25, 0.3) is 5.91 Å². The minimum atomic E-state index is -0.382. The Kier molecular flexibility index (Phi) is 5.37. The van der Waals surface area contributed by atoms with Crippen LogP contribution in [0.15, 0.2) is 34.7 Å². The lowest BCUT2D eigenvalue weighted by atomic mass is 9.69. The van der Waals surface area contributed by atoms with Crippen LogP contribution >= 0.6 is 22.9 Å². The fraction of sp³-hybridized carbons (Fsp3) is 0.423. The summed E-state index contributed by atoms with van der Waals surface area (Å²) < 4.78 is 6.11. The second-order valence-corrected chi connectivity index (χ2v) is 11.2. The first-order chi connectivity index (χ1) is 15.3. The Hall–Kier alpha value is -2.24. The third-order valence-corrected chi connectivity index (χ3v) is 9.02. The molecule has 3 aromatic rings. The van der Waals surface area contributed by atoms with E-state index in [1.54, 1.807) is 11.3 Å². The van der Waals surface area contributed by atoms with Gasteiger partial charge in [-0.3, -0.25) is 4.79 Å². The highest BCUT2D eigenvalue weighted by Gasteiger charge is 2.37. The SMILES string of the molecule is CCC(C)(C)[C@H]1CCc2c(sc3c2C(=O)N[C@@H](c2ccc(-c4ccc(C)c(Cl)c4)o2)N3)C1. The monoisotopic (exact) mass is 468 g/mol. The van der Waals surface area contributed by atoms with Crippen LogP contribution in [0.3, 0.4) is 0 Å². The highest BCUT2D eigenvalue weighted by Crippen LogP contribution is 2.47. The number of hydrogen-bond acceptors (Lipinski definition) is 4. The zero-order chi connectivity index (χ0) is 22.6. The molecule has 2 atom stereocenters. The predicted molar refractivity (Wildman–Crippen MR) is 132 cm³/mol. The summed E-state index contributed by atoms with van der Waals surface area (Å²) in [6, 6.07) is 9.73. The van der Waals surface area contributed by atoms with Gasteiger partial charge in [-0.25, -0.2) is 0 Å². The van der Waals surface area contributed by atoms with E-state index in [0.29, 0.717) is 22.1 Å². The number of carbonyl (C=O) groups is 1. The van der Waals surface area contributed by atoms with Crippen LogP contribution in [-0.4, -0.2) is 5.91 Å². The van der Waals surface area contributed by atoms with E-state index in [2.05, 4.69) is 31.4 Å². The largest absolute Gasteiger partial charge is 0.457 e. The van der Waals surface area contributed by atoms with Gasteiger partial charge in [0.2, 0.25) is 0 Å².